The third-order valence-corrected chi connectivity index (χ3v) is 5.73. The second-order valence-corrected chi connectivity index (χ2v) is 8.22. The summed E-state index contributed by atoms with van der Waals surface area (Å²) in [5.74, 6) is 0.615. The lowest BCUT2D eigenvalue weighted by molar-refractivity contribution is -0.130. The van der Waals surface area contributed by atoms with Gasteiger partial charge in [0.05, 0.1) is 10.2 Å². The number of hydrogen-bond acceptors (Lipinski definition) is 6. The van der Waals surface area contributed by atoms with Crippen molar-refractivity contribution in [3.63, 3.8) is 0 Å². The van der Waals surface area contributed by atoms with Gasteiger partial charge in [0.1, 0.15) is 11.9 Å². The number of aromatic nitrogens is 1. The van der Waals surface area contributed by atoms with Gasteiger partial charge in [-0.15, -0.1) is 12.4 Å². The molecule has 1 amide bonds. The molecule has 30 heavy (non-hydrogen) atoms. The van der Waals surface area contributed by atoms with Gasteiger partial charge in [0.15, 0.2) is 16.6 Å². The molecule has 2 unspecified atom stereocenters. The molecule has 6 nitrogen and oxygen atoms in total. The SMILES string of the molecule is CC1Oc2ccccc2OC1C(=O)N(CCN(C)C)c1nc2ccc(F)cc2s1.Cl. The third kappa shape index (κ3) is 4.50. The van der Waals surface area contributed by atoms with Crippen LogP contribution in [-0.4, -0.2) is 55.2 Å². The number of para-hydroxylation sites is 2. The fourth-order valence-electron chi connectivity index (χ4n) is 3.15. The number of thiazole rings is 1. The van der Waals surface area contributed by atoms with Gasteiger partial charge >= 0.3 is 0 Å². The molecule has 1 aliphatic heterocycles. The highest BCUT2D eigenvalue weighted by Gasteiger charge is 2.38. The van der Waals surface area contributed by atoms with Crippen LogP contribution in [0.15, 0.2) is 42.5 Å². The average molecular weight is 452 g/mol. The van der Waals surface area contributed by atoms with E-state index in [0.717, 1.165) is 0 Å². The van der Waals surface area contributed by atoms with E-state index in [1.807, 2.05) is 44.1 Å². The first-order valence-electron chi connectivity index (χ1n) is 9.37. The molecule has 0 bridgehead atoms. The normalized spacial score (nSPS) is 17.6. The van der Waals surface area contributed by atoms with Crippen LogP contribution in [0.2, 0.25) is 0 Å². The number of carbonyl (C=O) groups excluding carboxylic acids is 1. The zero-order valence-electron chi connectivity index (χ0n) is 16.9. The standard InChI is InChI=1S/C21H22FN3O3S.ClH/c1-13-19(28-17-7-5-4-6-16(17)27-13)20(26)25(11-10-24(2)3)21-23-15-9-8-14(22)12-18(15)29-21;/h4-9,12-13,19H,10-11H2,1-3H3;1H. The minimum absolute atomic E-state index is 0. The number of hydrogen-bond donors (Lipinski definition) is 0. The summed E-state index contributed by atoms with van der Waals surface area (Å²) in [6.45, 7) is 2.90. The van der Waals surface area contributed by atoms with Crippen LogP contribution >= 0.6 is 23.7 Å². The van der Waals surface area contributed by atoms with Gasteiger partial charge in [-0.3, -0.25) is 9.69 Å². The minimum atomic E-state index is -0.796. The number of rotatable bonds is 5. The largest absolute Gasteiger partial charge is 0.482 e. The molecule has 2 aromatic carbocycles. The maximum atomic E-state index is 13.6. The number of fused-ring (bicyclic) bond motifs is 2. The minimum Gasteiger partial charge on any atom is -0.482 e. The van der Waals surface area contributed by atoms with E-state index in [1.54, 1.807) is 17.0 Å². The molecule has 0 radical (unpaired) electrons. The lowest BCUT2D eigenvalue weighted by Gasteiger charge is -2.34. The first-order valence-corrected chi connectivity index (χ1v) is 10.2. The van der Waals surface area contributed by atoms with Gasteiger partial charge in [0.2, 0.25) is 6.10 Å². The number of carbonyl (C=O) groups is 1. The van der Waals surface area contributed by atoms with Crippen molar-refractivity contribution in [2.24, 2.45) is 0 Å². The molecule has 0 spiro atoms. The number of ether oxygens (including phenoxy) is 2. The van der Waals surface area contributed by atoms with E-state index in [4.69, 9.17) is 9.47 Å². The Balaban J connectivity index is 0.00000256. The molecule has 0 saturated heterocycles. The van der Waals surface area contributed by atoms with Crippen molar-refractivity contribution in [1.82, 2.24) is 9.88 Å². The zero-order chi connectivity index (χ0) is 20.5. The summed E-state index contributed by atoms with van der Waals surface area (Å²) in [7, 11) is 3.88. The molecule has 0 saturated carbocycles. The highest BCUT2D eigenvalue weighted by Crippen LogP contribution is 2.35. The quantitative estimate of drug-likeness (QED) is 0.587. The van der Waals surface area contributed by atoms with Gasteiger partial charge in [-0.2, -0.15) is 0 Å². The molecule has 2 heterocycles. The van der Waals surface area contributed by atoms with Crippen molar-refractivity contribution in [3.05, 3.63) is 48.3 Å². The maximum Gasteiger partial charge on any atom is 0.273 e. The van der Waals surface area contributed by atoms with E-state index in [2.05, 4.69) is 4.98 Å². The average Bonchev–Trinajstić information content (AvgIpc) is 3.09. The van der Waals surface area contributed by atoms with Crippen molar-refractivity contribution in [1.29, 1.82) is 0 Å². The summed E-state index contributed by atoms with van der Waals surface area (Å²) in [5, 5.41) is 0.520. The summed E-state index contributed by atoms with van der Waals surface area (Å²) < 4.78 is 26.2. The molecule has 1 aliphatic rings. The highest BCUT2D eigenvalue weighted by molar-refractivity contribution is 7.22. The van der Waals surface area contributed by atoms with Gasteiger partial charge in [-0.1, -0.05) is 23.5 Å². The van der Waals surface area contributed by atoms with E-state index < -0.39 is 12.2 Å². The Hall–Kier alpha value is -2.42. The molecule has 0 aliphatic carbocycles. The van der Waals surface area contributed by atoms with Gasteiger partial charge in [-0.05, 0) is 51.4 Å². The van der Waals surface area contributed by atoms with Crippen molar-refractivity contribution in [2.45, 2.75) is 19.1 Å². The van der Waals surface area contributed by atoms with Crippen LogP contribution in [0, 0.1) is 5.82 Å². The van der Waals surface area contributed by atoms with Crippen molar-refractivity contribution < 1.29 is 18.7 Å². The van der Waals surface area contributed by atoms with Crippen molar-refractivity contribution >= 4 is 45.0 Å². The summed E-state index contributed by atoms with van der Waals surface area (Å²) in [6, 6.07) is 11.7. The lowest BCUT2D eigenvalue weighted by Crippen LogP contribution is -2.52. The second-order valence-electron chi connectivity index (χ2n) is 7.21. The van der Waals surface area contributed by atoms with Gasteiger partial charge < -0.3 is 14.4 Å². The molecule has 0 fully saturated rings. The van der Waals surface area contributed by atoms with Crippen LogP contribution in [-0.2, 0) is 4.79 Å². The van der Waals surface area contributed by atoms with Crippen LogP contribution < -0.4 is 14.4 Å². The Labute approximate surface area is 184 Å². The number of amides is 1. The molecule has 9 heteroatoms. The summed E-state index contributed by atoms with van der Waals surface area (Å²) in [4.78, 5) is 21.6. The Kier molecular flexibility index (Phi) is 6.80. The zero-order valence-corrected chi connectivity index (χ0v) is 18.5. The Morgan fingerprint density at radius 1 is 1.13 bits per heavy atom. The third-order valence-electron chi connectivity index (χ3n) is 4.69. The number of halogens is 2. The van der Waals surface area contributed by atoms with Crippen molar-refractivity contribution in [2.75, 3.05) is 32.1 Å². The predicted molar refractivity (Wildman–Crippen MR) is 119 cm³/mol. The first kappa shape index (κ1) is 22.3. The smallest absolute Gasteiger partial charge is 0.273 e. The molecule has 3 aromatic rings. The fraction of sp³-hybridized carbons (Fsp3) is 0.333. The lowest BCUT2D eigenvalue weighted by atomic mass is 10.1. The monoisotopic (exact) mass is 451 g/mol. The molecule has 160 valence electrons. The Morgan fingerprint density at radius 2 is 1.83 bits per heavy atom. The van der Waals surface area contributed by atoms with Crippen LogP contribution in [0.1, 0.15) is 6.92 Å². The first-order chi connectivity index (χ1) is 13.9. The van der Waals surface area contributed by atoms with Crippen molar-refractivity contribution in [3.8, 4) is 11.5 Å². The fourth-order valence-corrected chi connectivity index (χ4v) is 4.17. The highest BCUT2D eigenvalue weighted by atomic mass is 35.5. The van der Waals surface area contributed by atoms with Crippen LogP contribution in [0.4, 0.5) is 9.52 Å². The number of likely N-dealkylation sites (N-methyl/N-ethyl adjacent to an activating group) is 1. The van der Waals surface area contributed by atoms with E-state index in [1.165, 1.54) is 23.5 Å². The molecule has 0 N–H and O–H groups in total. The van der Waals surface area contributed by atoms with Gasteiger partial charge in [-0.25, -0.2) is 9.37 Å². The molecule has 4 rings (SSSR count). The topological polar surface area (TPSA) is 54.9 Å². The second kappa shape index (κ2) is 9.16. The molecule has 1 aromatic heterocycles. The van der Waals surface area contributed by atoms with E-state index in [9.17, 15) is 9.18 Å². The Bertz CT molecular complexity index is 1050. The summed E-state index contributed by atoms with van der Waals surface area (Å²) in [6.07, 6.45) is -1.25. The van der Waals surface area contributed by atoms with E-state index >= 15 is 0 Å². The number of benzene rings is 2. The van der Waals surface area contributed by atoms with Crippen LogP contribution in [0.5, 0.6) is 11.5 Å². The Morgan fingerprint density at radius 3 is 2.53 bits per heavy atom. The van der Waals surface area contributed by atoms with Gasteiger partial charge in [0, 0.05) is 13.1 Å². The van der Waals surface area contributed by atoms with Gasteiger partial charge in [0.25, 0.3) is 5.91 Å². The molecular weight excluding hydrogens is 429 g/mol. The van der Waals surface area contributed by atoms with E-state index in [-0.39, 0.29) is 24.1 Å². The predicted octanol–water partition coefficient (Wildman–Crippen LogP) is 3.98. The number of anilines is 1. The molecular formula is C21H23ClFN3O3S. The maximum absolute atomic E-state index is 13.6. The number of nitrogens with zero attached hydrogens (tertiary/aromatic N) is 3. The summed E-state index contributed by atoms with van der Waals surface area (Å²) >= 11 is 1.29. The molecule has 2 atom stereocenters. The summed E-state index contributed by atoms with van der Waals surface area (Å²) in [5.41, 5.74) is 0.660. The van der Waals surface area contributed by atoms with Crippen LogP contribution in [0.25, 0.3) is 10.2 Å². The van der Waals surface area contributed by atoms with E-state index in [0.29, 0.717) is 39.9 Å². The van der Waals surface area contributed by atoms with Crippen LogP contribution in [0.3, 0.4) is 0 Å².